The van der Waals surface area contributed by atoms with Crippen LogP contribution in [0.3, 0.4) is 0 Å². The van der Waals surface area contributed by atoms with E-state index in [4.69, 9.17) is 9.29 Å². The van der Waals surface area contributed by atoms with Crippen LogP contribution in [0.5, 0.6) is 0 Å². The first-order chi connectivity index (χ1) is 7.55. The van der Waals surface area contributed by atoms with E-state index < -0.39 is 10.4 Å². The molecule has 0 bridgehead atoms. The van der Waals surface area contributed by atoms with E-state index in [0.29, 0.717) is 12.8 Å². The Labute approximate surface area is 104 Å². The molecule has 0 aliphatic rings. The molecular weight excluding hydrogens is 246 g/mol. The van der Waals surface area contributed by atoms with E-state index in [1.165, 1.54) is 0 Å². The first-order valence-electron chi connectivity index (χ1n) is 5.74. The van der Waals surface area contributed by atoms with Crippen LogP contribution in [0.25, 0.3) is 0 Å². The summed E-state index contributed by atoms with van der Waals surface area (Å²) in [5.41, 5.74) is 0. The van der Waals surface area contributed by atoms with Gasteiger partial charge in [0.15, 0.2) is 0 Å². The summed E-state index contributed by atoms with van der Waals surface area (Å²) in [5, 5.41) is 8.45. The van der Waals surface area contributed by atoms with E-state index in [1.54, 1.807) is 0 Å². The summed E-state index contributed by atoms with van der Waals surface area (Å²) in [5.74, 6) is 0. The van der Waals surface area contributed by atoms with Gasteiger partial charge in [0.25, 0.3) is 0 Å². The number of unbranched alkanes of at least 4 members (excludes halogenated alkanes) is 2. The van der Waals surface area contributed by atoms with Crippen LogP contribution in [0.4, 0.5) is 0 Å². The Bertz CT molecular complexity index is 255. The molecule has 0 aromatic rings. The van der Waals surface area contributed by atoms with Crippen LogP contribution in [-0.2, 0) is 18.8 Å². The van der Waals surface area contributed by atoms with Gasteiger partial charge in [-0.2, -0.15) is 8.42 Å². The molecule has 7 heteroatoms. The number of hydrogen-bond acceptors (Lipinski definition) is 6. The van der Waals surface area contributed by atoms with Crippen molar-refractivity contribution < 1.29 is 21.9 Å². The maximum Gasteiger partial charge on any atom is 0.400 e. The van der Waals surface area contributed by atoms with Crippen LogP contribution in [0.1, 0.15) is 46.0 Å². The third-order valence-electron chi connectivity index (χ3n) is 2.16. The van der Waals surface area contributed by atoms with Gasteiger partial charge in [0.1, 0.15) is 0 Å². The van der Waals surface area contributed by atoms with Crippen LogP contribution in [0.2, 0.25) is 0 Å². The smallest absolute Gasteiger partial charge is 0.394 e. The molecule has 0 saturated carbocycles. The van der Waals surface area contributed by atoms with Crippen LogP contribution >= 0.6 is 0 Å². The summed E-state index contributed by atoms with van der Waals surface area (Å²) in [6, 6.07) is 0. The van der Waals surface area contributed by atoms with Crippen molar-refractivity contribution in [3.05, 3.63) is 0 Å². The first kappa shape index (κ1) is 19.1. The van der Waals surface area contributed by atoms with Crippen molar-refractivity contribution >= 4 is 10.4 Å². The Morgan fingerprint density at radius 1 is 1.24 bits per heavy atom. The minimum absolute atomic E-state index is 0. The zero-order valence-electron chi connectivity index (χ0n) is 10.7. The minimum atomic E-state index is -3.95. The molecule has 0 amide bonds. The molecule has 0 aromatic heterocycles. The lowest BCUT2D eigenvalue weighted by Gasteiger charge is -2.14. The molecule has 0 saturated heterocycles. The van der Waals surface area contributed by atoms with Crippen molar-refractivity contribution in [2.75, 3.05) is 13.2 Å². The molecular formula is C10H25NO5S. The predicted octanol–water partition coefficient (Wildman–Crippen LogP) is 1.78. The van der Waals surface area contributed by atoms with Gasteiger partial charge in [0.2, 0.25) is 0 Å². The second kappa shape index (κ2) is 10.9. The van der Waals surface area contributed by atoms with E-state index >= 15 is 0 Å². The maximum atomic E-state index is 11.2. The lowest BCUT2D eigenvalue weighted by molar-refractivity contribution is 0.128. The molecule has 0 aliphatic heterocycles. The number of rotatable bonds is 10. The van der Waals surface area contributed by atoms with E-state index in [2.05, 4.69) is 11.1 Å². The summed E-state index contributed by atoms with van der Waals surface area (Å²) in [6.45, 7) is 3.37. The summed E-state index contributed by atoms with van der Waals surface area (Å²) >= 11 is 0. The monoisotopic (exact) mass is 271 g/mol. The van der Waals surface area contributed by atoms with Crippen molar-refractivity contribution in [3.63, 3.8) is 0 Å². The largest absolute Gasteiger partial charge is 0.400 e. The summed E-state index contributed by atoms with van der Waals surface area (Å²) < 4.78 is 31.8. The molecule has 0 heterocycles. The number of aliphatic hydroxyl groups is 1. The third kappa shape index (κ3) is 10.7. The van der Waals surface area contributed by atoms with Crippen molar-refractivity contribution in [2.24, 2.45) is 0 Å². The fraction of sp³-hybridized carbons (Fsp3) is 1.00. The highest BCUT2D eigenvalue weighted by atomic mass is 32.3. The zero-order valence-corrected chi connectivity index (χ0v) is 11.5. The van der Waals surface area contributed by atoms with Crippen molar-refractivity contribution in [3.8, 4) is 0 Å². The molecule has 0 radical (unpaired) electrons. The standard InChI is InChI=1S/C10H22O5S.H3N/c1-3-5-6-7-10(4-2)15-16(12,13)14-9-8-11;/h10-11H,3-9H2,1-2H3;1H3. The molecule has 0 aromatic carbocycles. The average molecular weight is 271 g/mol. The second-order valence-corrected chi connectivity index (χ2v) is 4.82. The lowest BCUT2D eigenvalue weighted by atomic mass is 10.1. The summed E-state index contributed by atoms with van der Waals surface area (Å²) in [4.78, 5) is 0. The predicted molar refractivity (Wildman–Crippen MR) is 66.3 cm³/mol. The highest BCUT2D eigenvalue weighted by Crippen LogP contribution is 2.13. The molecule has 4 N–H and O–H groups in total. The average Bonchev–Trinajstić information content (AvgIpc) is 2.25. The van der Waals surface area contributed by atoms with E-state index in [1.807, 2.05) is 6.92 Å². The van der Waals surface area contributed by atoms with Gasteiger partial charge in [-0.25, -0.2) is 8.37 Å². The van der Waals surface area contributed by atoms with Gasteiger partial charge in [0, 0.05) is 0 Å². The maximum absolute atomic E-state index is 11.2. The van der Waals surface area contributed by atoms with E-state index in [0.717, 1.165) is 19.3 Å². The van der Waals surface area contributed by atoms with Gasteiger partial charge in [-0.05, 0) is 12.8 Å². The van der Waals surface area contributed by atoms with Gasteiger partial charge in [-0.1, -0.05) is 33.1 Å². The molecule has 0 rings (SSSR count). The van der Waals surface area contributed by atoms with Gasteiger partial charge in [-0.15, -0.1) is 0 Å². The fourth-order valence-corrected chi connectivity index (χ4v) is 2.18. The Balaban J connectivity index is 0. The second-order valence-electron chi connectivity index (χ2n) is 3.58. The Morgan fingerprint density at radius 3 is 2.35 bits per heavy atom. The third-order valence-corrected chi connectivity index (χ3v) is 3.12. The topological polar surface area (TPSA) is 108 Å². The molecule has 1 unspecified atom stereocenters. The minimum Gasteiger partial charge on any atom is -0.394 e. The lowest BCUT2D eigenvalue weighted by Crippen LogP contribution is -2.20. The van der Waals surface area contributed by atoms with Crippen molar-refractivity contribution in [1.29, 1.82) is 0 Å². The Morgan fingerprint density at radius 2 is 1.88 bits per heavy atom. The van der Waals surface area contributed by atoms with E-state index in [9.17, 15) is 8.42 Å². The molecule has 0 spiro atoms. The quantitative estimate of drug-likeness (QED) is 0.586. The SMILES string of the molecule is CCCCCC(CC)OS(=O)(=O)OCCO.N. The highest BCUT2D eigenvalue weighted by molar-refractivity contribution is 7.81. The van der Waals surface area contributed by atoms with Crippen molar-refractivity contribution in [1.82, 2.24) is 6.15 Å². The van der Waals surface area contributed by atoms with Crippen molar-refractivity contribution in [2.45, 2.75) is 52.1 Å². The Hall–Kier alpha value is -0.210. The number of hydrogen-bond donors (Lipinski definition) is 2. The zero-order chi connectivity index (χ0) is 12.4. The normalized spacial score (nSPS) is 13.1. The molecule has 0 aliphatic carbocycles. The van der Waals surface area contributed by atoms with E-state index in [-0.39, 0.29) is 25.5 Å². The van der Waals surface area contributed by atoms with Crippen LogP contribution < -0.4 is 6.15 Å². The molecule has 106 valence electrons. The number of aliphatic hydroxyl groups excluding tert-OH is 1. The molecule has 17 heavy (non-hydrogen) atoms. The van der Waals surface area contributed by atoms with Crippen LogP contribution in [0.15, 0.2) is 0 Å². The molecule has 6 nitrogen and oxygen atoms in total. The molecule has 1 atom stereocenters. The highest BCUT2D eigenvalue weighted by Gasteiger charge is 2.18. The molecule has 0 fully saturated rings. The van der Waals surface area contributed by atoms with Gasteiger partial charge in [-0.3, -0.25) is 0 Å². The Kier molecular flexibility index (Phi) is 12.3. The first-order valence-corrected chi connectivity index (χ1v) is 7.07. The summed E-state index contributed by atoms with van der Waals surface area (Å²) in [7, 11) is -3.95. The van der Waals surface area contributed by atoms with Gasteiger partial charge in [0.05, 0.1) is 19.3 Å². The summed E-state index contributed by atoms with van der Waals surface area (Å²) in [6.07, 6.45) is 4.12. The van der Waals surface area contributed by atoms with Crippen LogP contribution in [-0.4, -0.2) is 32.8 Å². The van der Waals surface area contributed by atoms with Gasteiger partial charge >= 0.3 is 10.4 Å². The van der Waals surface area contributed by atoms with Crippen LogP contribution in [0, 0.1) is 0 Å². The van der Waals surface area contributed by atoms with Gasteiger partial charge < -0.3 is 11.3 Å². The fourth-order valence-electron chi connectivity index (χ4n) is 1.28.